The van der Waals surface area contributed by atoms with Gasteiger partial charge in [-0.3, -0.25) is 0 Å². The van der Waals surface area contributed by atoms with Crippen molar-refractivity contribution in [1.29, 1.82) is 0 Å². The van der Waals surface area contributed by atoms with Crippen LogP contribution in [0, 0.1) is 0 Å². The number of aliphatic hydroxyl groups excluding tert-OH is 1. The van der Waals surface area contributed by atoms with E-state index in [2.05, 4.69) is 0 Å². The topological polar surface area (TPSA) is 29.5 Å². The lowest BCUT2D eigenvalue weighted by Crippen LogP contribution is -2.14. The van der Waals surface area contributed by atoms with Crippen molar-refractivity contribution in [3.8, 4) is 5.75 Å². The van der Waals surface area contributed by atoms with Gasteiger partial charge in [0.25, 0.3) is 0 Å². The average Bonchev–Trinajstić information content (AvgIpc) is 2.15. The van der Waals surface area contributed by atoms with Crippen LogP contribution in [0.1, 0.15) is 0 Å². The lowest BCUT2D eigenvalue weighted by Gasteiger charge is -2.08. The van der Waals surface area contributed by atoms with Crippen molar-refractivity contribution in [3.63, 3.8) is 0 Å². The third-order valence-corrected chi connectivity index (χ3v) is 2.16. The van der Waals surface area contributed by atoms with Crippen LogP contribution in [0.2, 0.25) is 5.02 Å². The summed E-state index contributed by atoms with van der Waals surface area (Å²) in [5.74, 6) is 0.665. The second-order valence-electron chi connectivity index (χ2n) is 2.65. The Bertz CT molecular complexity index is 315. The molecular formula is C10H10ClIO2. The highest BCUT2D eigenvalue weighted by Crippen LogP contribution is 2.17. The van der Waals surface area contributed by atoms with Gasteiger partial charge in [-0.25, -0.2) is 0 Å². The Morgan fingerprint density at radius 3 is 3.00 bits per heavy atom. The lowest BCUT2D eigenvalue weighted by molar-refractivity contribution is 0.145. The quantitative estimate of drug-likeness (QED) is 0.863. The maximum absolute atomic E-state index is 9.33. The zero-order chi connectivity index (χ0) is 10.4. The first kappa shape index (κ1) is 11.8. The minimum absolute atomic E-state index is 0.236. The zero-order valence-electron chi connectivity index (χ0n) is 7.36. The molecule has 0 aliphatic rings. The van der Waals surface area contributed by atoms with Gasteiger partial charge >= 0.3 is 0 Å². The van der Waals surface area contributed by atoms with Crippen LogP contribution in [0.5, 0.6) is 5.75 Å². The Kier molecular flexibility index (Phi) is 5.29. The highest BCUT2D eigenvalue weighted by Gasteiger charge is 2.00. The van der Waals surface area contributed by atoms with E-state index in [9.17, 15) is 5.11 Å². The van der Waals surface area contributed by atoms with E-state index in [-0.39, 0.29) is 6.61 Å². The molecule has 2 nitrogen and oxygen atoms in total. The van der Waals surface area contributed by atoms with Gasteiger partial charge < -0.3 is 9.84 Å². The maximum atomic E-state index is 9.33. The van der Waals surface area contributed by atoms with Crippen LogP contribution < -0.4 is 4.74 Å². The Balaban J connectivity index is 2.45. The van der Waals surface area contributed by atoms with Crippen LogP contribution >= 0.6 is 34.2 Å². The van der Waals surface area contributed by atoms with Gasteiger partial charge in [-0.15, -0.1) is 0 Å². The van der Waals surface area contributed by atoms with Gasteiger partial charge in [0.15, 0.2) is 0 Å². The zero-order valence-corrected chi connectivity index (χ0v) is 10.3. The second kappa shape index (κ2) is 6.27. The fourth-order valence-electron chi connectivity index (χ4n) is 0.878. The summed E-state index contributed by atoms with van der Waals surface area (Å²) in [6, 6.07) is 7.09. The smallest absolute Gasteiger partial charge is 0.120 e. The SMILES string of the molecule is OC(/C=C\I)COc1cccc(Cl)c1. The Hall–Kier alpha value is -0.260. The molecule has 0 aliphatic carbocycles. The summed E-state index contributed by atoms with van der Waals surface area (Å²) in [6.07, 6.45) is 1.08. The molecule has 1 unspecified atom stereocenters. The van der Waals surface area contributed by atoms with Crippen LogP contribution in [-0.2, 0) is 0 Å². The van der Waals surface area contributed by atoms with Crippen LogP contribution in [0.4, 0.5) is 0 Å². The molecule has 0 aromatic heterocycles. The lowest BCUT2D eigenvalue weighted by atomic mass is 10.3. The van der Waals surface area contributed by atoms with E-state index >= 15 is 0 Å². The summed E-state index contributed by atoms with van der Waals surface area (Å²) in [7, 11) is 0. The number of ether oxygens (including phenoxy) is 1. The monoisotopic (exact) mass is 324 g/mol. The maximum Gasteiger partial charge on any atom is 0.120 e. The first-order chi connectivity index (χ1) is 6.72. The minimum Gasteiger partial charge on any atom is -0.491 e. The highest BCUT2D eigenvalue weighted by atomic mass is 127. The number of aliphatic hydroxyl groups is 1. The van der Waals surface area contributed by atoms with Crippen molar-refractivity contribution >= 4 is 34.2 Å². The fraction of sp³-hybridized carbons (Fsp3) is 0.200. The molecule has 0 spiro atoms. The molecule has 4 heteroatoms. The van der Waals surface area contributed by atoms with Crippen molar-refractivity contribution in [3.05, 3.63) is 39.4 Å². The van der Waals surface area contributed by atoms with Gasteiger partial charge in [0.05, 0.1) is 0 Å². The van der Waals surface area contributed by atoms with E-state index < -0.39 is 6.10 Å². The highest BCUT2D eigenvalue weighted by molar-refractivity contribution is 14.1. The summed E-state index contributed by atoms with van der Waals surface area (Å²) in [5.41, 5.74) is 0. The molecule has 0 saturated heterocycles. The molecule has 0 fully saturated rings. The number of rotatable bonds is 4. The first-order valence-electron chi connectivity index (χ1n) is 4.05. The van der Waals surface area contributed by atoms with E-state index in [0.29, 0.717) is 10.8 Å². The Labute approximate surface area is 102 Å². The van der Waals surface area contributed by atoms with Gasteiger partial charge in [-0.05, 0) is 28.4 Å². The largest absolute Gasteiger partial charge is 0.491 e. The Morgan fingerprint density at radius 2 is 2.36 bits per heavy atom. The van der Waals surface area contributed by atoms with E-state index in [4.69, 9.17) is 16.3 Å². The molecule has 0 amide bonds. The Morgan fingerprint density at radius 1 is 1.57 bits per heavy atom. The summed E-state index contributed by atoms with van der Waals surface area (Å²) in [4.78, 5) is 0. The summed E-state index contributed by atoms with van der Waals surface area (Å²) in [5, 5.41) is 9.96. The van der Waals surface area contributed by atoms with E-state index in [1.165, 1.54) is 0 Å². The van der Waals surface area contributed by atoms with Gasteiger partial charge in [-0.2, -0.15) is 0 Å². The number of hydrogen-bond acceptors (Lipinski definition) is 2. The third kappa shape index (κ3) is 4.30. The van der Waals surface area contributed by atoms with Crippen molar-refractivity contribution in [2.24, 2.45) is 0 Å². The number of benzene rings is 1. The van der Waals surface area contributed by atoms with E-state index in [1.54, 1.807) is 34.4 Å². The van der Waals surface area contributed by atoms with Gasteiger partial charge in [-0.1, -0.05) is 40.3 Å². The van der Waals surface area contributed by atoms with Crippen LogP contribution in [0.15, 0.2) is 34.4 Å². The fourth-order valence-corrected chi connectivity index (χ4v) is 1.54. The van der Waals surface area contributed by atoms with Gasteiger partial charge in [0, 0.05) is 5.02 Å². The first-order valence-corrected chi connectivity index (χ1v) is 5.68. The van der Waals surface area contributed by atoms with Crippen LogP contribution in [0.25, 0.3) is 0 Å². The molecule has 14 heavy (non-hydrogen) atoms. The molecule has 0 heterocycles. The molecule has 0 bridgehead atoms. The number of hydrogen-bond donors (Lipinski definition) is 1. The molecule has 0 saturated carbocycles. The van der Waals surface area contributed by atoms with Crippen molar-refractivity contribution < 1.29 is 9.84 Å². The molecule has 0 aliphatic heterocycles. The molecule has 1 aromatic carbocycles. The molecule has 1 atom stereocenters. The molecular weight excluding hydrogens is 314 g/mol. The molecule has 0 radical (unpaired) electrons. The third-order valence-electron chi connectivity index (χ3n) is 1.51. The van der Waals surface area contributed by atoms with Crippen LogP contribution in [-0.4, -0.2) is 17.8 Å². The second-order valence-corrected chi connectivity index (χ2v) is 3.81. The predicted octanol–water partition coefficient (Wildman–Crippen LogP) is 3.03. The molecule has 1 rings (SSSR count). The van der Waals surface area contributed by atoms with Crippen molar-refractivity contribution in [2.45, 2.75) is 6.10 Å². The van der Waals surface area contributed by atoms with E-state index in [1.807, 2.05) is 22.6 Å². The summed E-state index contributed by atoms with van der Waals surface area (Å²) in [6.45, 7) is 0.236. The standard InChI is InChI=1S/C10H10ClIO2/c11-8-2-1-3-10(6-8)14-7-9(13)4-5-12/h1-6,9,13H,7H2/b5-4-. The molecule has 1 N–H and O–H groups in total. The molecule has 76 valence electrons. The van der Waals surface area contributed by atoms with Gasteiger partial charge in [0.1, 0.15) is 18.5 Å². The summed E-state index contributed by atoms with van der Waals surface area (Å²) < 4.78 is 7.07. The minimum atomic E-state index is -0.578. The predicted molar refractivity (Wildman–Crippen MR) is 66.1 cm³/mol. The molecule has 1 aromatic rings. The van der Waals surface area contributed by atoms with E-state index in [0.717, 1.165) is 0 Å². The van der Waals surface area contributed by atoms with Crippen LogP contribution in [0.3, 0.4) is 0 Å². The normalized spacial score (nSPS) is 13.1. The number of halogens is 2. The van der Waals surface area contributed by atoms with Crippen molar-refractivity contribution in [1.82, 2.24) is 0 Å². The summed E-state index contributed by atoms with van der Waals surface area (Å²) >= 11 is 7.81. The van der Waals surface area contributed by atoms with Crippen molar-refractivity contribution in [2.75, 3.05) is 6.61 Å². The average molecular weight is 325 g/mol. The van der Waals surface area contributed by atoms with Gasteiger partial charge in [0.2, 0.25) is 0 Å².